The summed E-state index contributed by atoms with van der Waals surface area (Å²) in [6.07, 6.45) is 2.69. The average Bonchev–Trinajstić information content (AvgIpc) is 2.48. The quantitative estimate of drug-likeness (QED) is 0.843. The summed E-state index contributed by atoms with van der Waals surface area (Å²) in [5.74, 6) is 0.267. The highest BCUT2D eigenvalue weighted by Gasteiger charge is 2.22. The number of piperazine rings is 1. The molecule has 1 heterocycles. The average molecular weight is 315 g/mol. The monoisotopic (exact) mass is 314 g/mol. The van der Waals surface area contributed by atoms with Crippen LogP contribution in [0.25, 0.3) is 0 Å². The van der Waals surface area contributed by atoms with Gasteiger partial charge in [0.15, 0.2) is 0 Å². The summed E-state index contributed by atoms with van der Waals surface area (Å²) in [6.45, 7) is 5.22. The van der Waals surface area contributed by atoms with Gasteiger partial charge in [-0.25, -0.2) is 0 Å². The number of hydrogen-bond acceptors (Lipinski definition) is 2. The third-order valence-corrected chi connectivity index (χ3v) is 4.46. The topological polar surface area (TPSA) is 23.6 Å². The van der Waals surface area contributed by atoms with E-state index >= 15 is 0 Å². The lowest BCUT2D eigenvalue weighted by Crippen LogP contribution is -2.48. The molecule has 20 heavy (non-hydrogen) atoms. The van der Waals surface area contributed by atoms with Crippen LogP contribution in [-0.2, 0) is 4.79 Å². The number of hydrogen-bond donors (Lipinski definition) is 0. The maximum absolute atomic E-state index is 12.0. The first-order valence-corrected chi connectivity index (χ1v) is 7.85. The second-order valence-corrected chi connectivity index (χ2v) is 5.83. The first-order valence-electron chi connectivity index (χ1n) is 7.10. The summed E-state index contributed by atoms with van der Waals surface area (Å²) in [5, 5.41) is 1.17. The van der Waals surface area contributed by atoms with Crippen LogP contribution in [-0.4, -0.2) is 37.0 Å². The van der Waals surface area contributed by atoms with Gasteiger partial charge < -0.3 is 9.80 Å². The van der Waals surface area contributed by atoms with E-state index in [1.54, 1.807) is 6.07 Å². The Hall–Kier alpha value is -0.930. The van der Waals surface area contributed by atoms with Gasteiger partial charge in [-0.2, -0.15) is 0 Å². The molecule has 0 radical (unpaired) electrons. The van der Waals surface area contributed by atoms with E-state index in [-0.39, 0.29) is 5.91 Å². The fourth-order valence-corrected chi connectivity index (χ4v) is 2.83. The third-order valence-electron chi connectivity index (χ3n) is 3.65. The summed E-state index contributed by atoms with van der Waals surface area (Å²) in [6, 6.07) is 5.67. The normalized spacial score (nSPS) is 15.6. The molecule has 3 nitrogen and oxygen atoms in total. The number of unbranched alkanes of at least 4 members (excludes halogenated alkanes) is 1. The van der Waals surface area contributed by atoms with E-state index in [2.05, 4.69) is 11.8 Å². The molecule has 1 aromatic rings. The Morgan fingerprint density at radius 3 is 2.55 bits per heavy atom. The minimum atomic E-state index is 0.267. The Kier molecular flexibility index (Phi) is 5.55. The Balaban J connectivity index is 1.94. The Bertz CT molecular complexity index is 471. The molecule has 5 heteroatoms. The van der Waals surface area contributed by atoms with Gasteiger partial charge in [0.2, 0.25) is 5.91 Å². The molecule has 1 aliphatic rings. The first-order chi connectivity index (χ1) is 9.63. The van der Waals surface area contributed by atoms with Crippen LogP contribution in [0.4, 0.5) is 5.69 Å². The van der Waals surface area contributed by atoms with Gasteiger partial charge in [-0.3, -0.25) is 4.79 Å². The second-order valence-electron chi connectivity index (χ2n) is 5.04. The minimum absolute atomic E-state index is 0.267. The summed E-state index contributed by atoms with van der Waals surface area (Å²) in [7, 11) is 0. The van der Waals surface area contributed by atoms with Crippen LogP contribution in [0, 0.1) is 0 Å². The second kappa shape index (κ2) is 7.19. The van der Waals surface area contributed by atoms with E-state index in [0.717, 1.165) is 44.7 Å². The lowest BCUT2D eigenvalue weighted by Gasteiger charge is -2.36. The summed E-state index contributed by atoms with van der Waals surface area (Å²) in [5.41, 5.74) is 0.958. The summed E-state index contributed by atoms with van der Waals surface area (Å²) in [4.78, 5) is 16.1. The van der Waals surface area contributed by atoms with Crippen molar-refractivity contribution in [2.24, 2.45) is 0 Å². The zero-order chi connectivity index (χ0) is 14.5. The lowest BCUT2D eigenvalue weighted by molar-refractivity contribution is -0.131. The number of rotatable bonds is 4. The van der Waals surface area contributed by atoms with E-state index in [1.807, 2.05) is 17.0 Å². The maximum atomic E-state index is 12.0. The number of amides is 1. The third kappa shape index (κ3) is 3.58. The molecule has 0 N–H and O–H groups in total. The molecule has 0 unspecified atom stereocenters. The lowest BCUT2D eigenvalue weighted by atomic mass is 10.2. The van der Waals surface area contributed by atoms with Gasteiger partial charge in [0.1, 0.15) is 0 Å². The van der Waals surface area contributed by atoms with Crippen molar-refractivity contribution in [2.45, 2.75) is 26.2 Å². The number of carbonyl (C=O) groups excluding carboxylic acids is 1. The van der Waals surface area contributed by atoms with Gasteiger partial charge in [0.25, 0.3) is 0 Å². The fraction of sp³-hybridized carbons (Fsp3) is 0.533. The van der Waals surface area contributed by atoms with Crippen molar-refractivity contribution in [3.63, 3.8) is 0 Å². The highest BCUT2D eigenvalue weighted by Crippen LogP contribution is 2.32. The van der Waals surface area contributed by atoms with Gasteiger partial charge in [-0.05, 0) is 18.6 Å². The molecule has 1 fully saturated rings. The zero-order valence-corrected chi connectivity index (χ0v) is 13.3. The van der Waals surface area contributed by atoms with Gasteiger partial charge in [-0.15, -0.1) is 0 Å². The van der Waals surface area contributed by atoms with E-state index in [0.29, 0.717) is 16.5 Å². The Morgan fingerprint density at radius 1 is 1.20 bits per heavy atom. The van der Waals surface area contributed by atoms with Crippen molar-refractivity contribution in [3.05, 3.63) is 28.2 Å². The number of nitrogens with zero attached hydrogens (tertiary/aromatic N) is 2. The van der Waals surface area contributed by atoms with E-state index in [4.69, 9.17) is 23.2 Å². The zero-order valence-electron chi connectivity index (χ0n) is 11.7. The summed E-state index contributed by atoms with van der Waals surface area (Å²) < 4.78 is 0. The predicted molar refractivity (Wildman–Crippen MR) is 84.8 cm³/mol. The number of halogens is 2. The van der Waals surface area contributed by atoms with Crippen LogP contribution >= 0.6 is 23.2 Å². The SMILES string of the molecule is CCCCC(=O)N1CCN(c2cccc(Cl)c2Cl)CC1. The molecule has 0 saturated carbocycles. The van der Waals surface area contributed by atoms with Crippen LogP contribution in [0.1, 0.15) is 26.2 Å². The number of carbonyl (C=O) groups is 1. The molecule has 1 aromatic carbocycles. The van der Waals surface area contributed by atoms with E-state index in [1.165, 1.54) is 0 Å². The maximum Gasteiger partial charge on any atom is 0.222 e. The van der Waals surface area contributed by atoms with Crippen LogP contribution in [0.3, 0.4) is 0 Å². The molecule has 110 valence electrons. The van der Waals surface area contributed by atoms with Crippen LogP contribution in [0.15, 0.2) is 18.2 Å². The molecule has 0 atom stereocenters. The molecule has 0 spiro atoms. The number of benzene rings is 1. The molecule has 2 rings (SSSR count). The molecule has 1 amide bonds. The van der Waals surface area contributed by atoms with Gasteiger partial charge in [-0.1, -0.05) is 42.6 Å². The molecular weight excluding hydrogens is 295 g/mol. The van der Waals surface area contributed by atoms with Crippen LogP contribution in [0.2, 0.25) is 10.0 Å². The first kappa shape index (κ1) is 15.5. The Labute approximate surface area is 130 Å². The molecule has 0 aliphatic carbocycles. The van der Waals surface area contributed by atoms with E-state index in [9.17, 15) is 4.79 Å². The molecule has 1 aliphatic heterocycles. The standard InChI is InChI=1S/C15H20Cl2N2O/c1-2-3-7-14(20)19-10-8-18(9-11-19)13-6-4-5-12(16)15(13)17/h4-6H,2-3,7-11H2,1H3. The van der Waals surface area contributed by atoms with Crippen molar-refractivity contribution < 1.29 is 4.79 Å². The smallest absolute Gasteiger partial charge is 0.222 e. The molecular formula is C15H20Cl2N2O. The van der Waals surface area contributed by atoms with Crippen molar-refractivity contribution in [1.82, 2.24) is 4.90 Å². The van der Waals surface area contributed by atoms with Gasteiger partial charge in [0, 0.05) is 32.6 Å². The fourth-order valence-electron chi connectivity index (χ4n) is 2.42. The largest absolute Gasteiger partial charge is 0.367 e. The molecule has 0 aromatic heterocycles. The molecule has 1 saturated heterocycles. The highest BCUT2D eigenvalue weighted by atomic mass is 35.5. The summed E-state index contributed by atoms with van der Waals surface area (Å²) >= 11 is 12.3. The Morgan fingerprint density at radius 2 is 1.90 bits per heavy atom. The van der Waals surface area contributed by atoms with Crippen molar-refractivity contribution in [3.8, 4) is 0 Å². The van der Waals surface area contributed by atoms with Gasteiger partial charge in [0.05, 0.1) is 15.7 Å². The molecule has 0 bridgehead atoms. The van der Waals surface area contributed by atoms with E-state index < -0.39 is 0 Å². The number of anilines is 1. The van der Waals surface area contributed by atoms with Crippen molar-refractivity contribution >= 4 is 34.8 Å². The van der Waals surface area contributed by atoms with Crippen LogP contribution < -0.4 is 4.90 Å². The highest BCUT2D eigenvalue weighted by molar-refractivity contribution is 6.43. The van der Waals surface area contributed by atoms with Gasteiger partial charge >= 0.3 is 0 Å². The minimum Gasteiger partial charge on any atom is -0.367 e. The van der Waals surface area contributed by atoms with Crippen molar-refractivity contribution in [2.75, 3.05) is 31.1 Å². The van der Waals surface area contributed by atoms with Crippen LogP contribution in [0.5, 0.6) is 0 Å². The predicted octanol–water partition coefficient (Wildman–Crippen LogP) is 3.83. The van der Waals surface area contributed by atoms with Crippen molar-refractivity contribution in [1.29, 1.82) is 0 Å².